The number of hydrogen-bond acceptors (Lipinski definition) is 1. The fourth-order valence-corrected chi connectivity index (χ4v) is 1.83. The third-order valence-corrected chi connectivity index (χ3v) is 2.79. The van der Waals surface area contributed by atoms with Crippen LogP contribution in [-0.2, 0) is 11.8 Å². The number of aryl methyl sites for hydroxylation is 1. The first-order chi connectivity index (χ1) is 7.62. The number of anilines is 1. The Labute approximate surface area is 107 Å². The largest absolute Gasteiger partial charge is 0.380 e. The molecule has 0 fully saturated rings. The molecule has 0 unspecified atom stereocenters. The van der Waals surface area contributed by atoms with Crippen LogP contribution in [0.25, 0.3) is 0 Å². The molecule has 96 valence electrons. The van der Waals surface area contributed by atoms with Crippen molar-refractivity contribution >= 4 is 5.69 Å². The summed E-state index contributed by atoms with van der Waals surface area (Å²) in [5.41, 5.74) is 4.37. The minimum absolute atomic E-state index is 0.113. The van der Waals surface area contributed by atoms with Crippen molar-refractivity contribution < 1.29 is 0 Å². The maximum Gasteiger partial charge on any atom is 0.0349 e. The maximum atomic E-state index is 3.57. The normalized spacial score (nSPS) is 12.6. The summed E-state index contributed by atoms with van der Waals surface area (Å²) in [5, 5.41) is 3.57. The highest BCUT2D eigenvalue weighted by Crippen LogP contribution is 2.28. The Morgan fingerprint density at radius 1 is 0.941 bits per heavy atom. The van der Waals surface area contributed by atoms with Gasteiger partial charge < -0.3 is 5.32 Å². The van der Waals surface area contributed by atoms with E-state index < -0.39 is 0 Å². The monoisotopic (exact) mass is 233 g/mol. The summed E-state index contributed by atoms with van der Waals surface area (Å²) < 4.78 is 0. The topological polar surface area (TPSA) is 12.0 Å². The third kappa shape index (κ3) is 4.41. The van der Waals surface area contributed by atoms with Crippen LogP contribution in [0.2, 0.25) is 0 Å². The van der Waals surface area contributed by atoms with Crippen LogP contribution in [0.1, 0.15) is 59.6 Å². The SMILES string of the molecule is CCc1cc(NC(C)(C)C)cc(C(C)(C)C)c1. The molecule has 0 heterocycles. The molecule has 0 spiro atoms. The first-order valence-corrected chi connectivity index (χ1v) is 6.54. The third-order valence-electron chi connectivity index (χ3n) is 2.79. The summed E-state index contributed by atoms with van der Waals surface area (Å²) in [6.07, 6.45) is 1.09. The van der Waals surface area contributed by atoms with E-state index in [-0.39, 0.29) is 11.0 Å². The Hall–Kier alpha value is -0.980. The molecule has 1 aromatic rings. The minimum atomic E-state index is 0.113. The van der Waals surface area contributed by atoms with Crippen molar-refractivity contribution in [2.24, 2.45) is 0 Å². The molecule has 0 aliphatic rings. The van der Waals surface area contributed by atoms with Gasteiger partial charge in [0.05, 0.1) is 0 Å². The number of rotatable bonds is 2. The van der Waals surface area contributed by atoms with Gasteiger partial charge in [0, 0.05) is 11.2 Å². The smallest absolute Gasteiger partial charge is 0.0349 e. The van der Waals surface area contributed by atoms with Crippen molar-refractivity contribution in [3.05, 3.63) is 29.3 Å². The molecule has 1 rings (SSSR count). The van der Waals surface area contributed by atoms with Gasteiger partial charge in [0.15, 0.2) is 0 Å². The van der Waals surface area contributed by atoms with Crippen LogP contribution in [0.3, 0.4) is 0 Å². The number of nitrogens with one attached hydrogen (secondary N) is 1. The summed E-state index contributed by atoms with van der Waals surface area (Å²) in [6, 6.07) is 6.87. The molecule has 1 heteroatoms. The fraction of sp³-hybridized carbons (Fsp3) is 0.625. The lowest BCUT2D eigenvalue weighted by Crippen LogP contribution is -2.26. The number of hydrogen-bond donors (Lipinski definition) is 1. The average Bonchev–Trinajstić information content (AvgIpc) is 2.13. The average molecular weight is 233 g/mol. The van der Waals surface area contributed by atoms with E-state index in [1.807, 2.05) is 0 Å². The summed E-state index contributed by atoms with van der Waals surface area (Å²) in [7, 11) is 0. The highest BCUT2D eigenvalue weighted by Gasteiger charge is 2.16. The second-order valence-corrected chi connectivity index (χ2v) is 6.90. The fourth-order valence-electron chi connectivity index (χ4n) is 1.83. The van der Waals surface area contributed by atoms with Gasteiger partial charge in [0.1, 0.15) is 0 Å². The summed E-state index contributed by atoms with van der Waals surface area (Å²) in [4.78, 5) is 0. The Balaban J connectivity index is 3.15. The Kier molecular flexibility index (Phi) is 3.91. The maximum absolute atomic E-state index is 3.57. The van der Waals surface area contributed by atoms with Crippen molar-refractivity contribution in [2.45, 2.75) is 65.8 Å². The Bertz CT molecular complexity index is 377. The molecule has 17 heavy (non-hydrogen) atoms. The van der Waals surface area contributed by atoms with Gasteiger partial charge in [-0.3, -0.25) is 0 Å². The molecule has 1 N–H and O–H groups in total. The van der Waals surface area contributed by atoms with Crippen molar-refractivity contribution in [1.29, 1.82) is 0 Å². The van der Waals surface area contributed by atoms with E-state index in [1.165, 1.54) is 16.8 Å². The van der Waals surface area contributed by atoms with E-state index in [9.17, 15) is 0 Å². The predicted molar refractivity (Wildman–Crippen MR) is 77.9 cm³/mol. The van der Waals surface area contributed by atoms with Gasteiger partial charge in [-0.1, -0.05) is 33.8 Å². The van der Waals surface area contributed by atoms with Crippen molar-refractivity contribution in [2.75, 3.05) is 5.32 Å². The predicted octanol–water partition coefficient (Wildman–Crippen LogP) is 4.76. The van der Waals surface area contributed by atoms with Crippen LogP contribution in [0, 0.1) is 0 Å². The van der Waals surface area contributed by atoms with Crippen molar-refractivity contribution in [1.82, 2.24) is 0 Å². The van der Waals surface area contributed by atoms with Crippen LogP contribution in [0.5, 0.6) is 0 Å². The zero-order valence-corrected chi connectivity index (χ0v) is 12.4. The minimum Gasteiger partial charge on any atom is -0.380 e. The molecule has 0 amide bonds. The second-order valence-electron chi connectivity index (χ2n) is 6.90. The molecule has 1 nitrogen and oxygen atoms in total. The van der Waals surface area contributed by atoms with E-state index in [2.05, 4.69) is 72.0 Å². The van der Waals surface area contributed by atoms with Crippen LogP contribution < -0.4 is 5.32 Å². The van der Waals surface area contributed by atoms with E-state index in [0.717, 1.165) is 6.42 Å². The Morgan fingerprint density at radius 2 is 1.53 bits per heavy atom. The summed E-state index contributed by atoms with van der Waals surface area (Å²) >= 11 is 0. The van der Waals surface area contributed by atoms with Crippen LogP contribution in [0.15, 0.2) is 18.2 Å². The molecule has 0 radical (unpaired) electrons. The van der Waals surface area contributed by atoms with Crippen LogP contribution in [0.4, 0.5) is 5.69 Å². The molecule has 0 saturated heterocycles. The molecule has 0 aliphatic heterocycles. The van der Waals surface area contributed by atoms with Crippen LogP contribution >= 0.6 is 0 Å². The van der Waals surface area contributed by atoms with Gasteiger partial charge in [-0.05, 0) is 55.9 Å². The van der Waals surface area contributed by atoms with E-state index in [0.29, 0.717) is 0 Å². The molecule has 1 aromatic carbocycles. The van der Waals surface area contributed by atoms with Gasteiger partial charge in [0.2, 0.25) is 0 Å². The highest BCUT2D eigenvalue weighted by molar-refractivity contribution is 5.51. The molecule has 0 atom stereocenters. The van der Waals surface area contributed by atoms with Crippen molar-refractivity contribution in [3.8, 4) is 0 Å². The summed E-state index contributed by atoms with van der Waals surface area (Å²) in [5.74, 6) is 0. The molecular weight excluding hydrogens is 206 g/mol. The second kappa shape index (κ2) is 4.72. The molecular formula is C16H27N. The quantitative estimate of drug-likeness (QED) is 0.776. The lowest BCUT2D eigenvalue weighted by molar-refractivity contribution is 0.588. The van der Waals surface area contributed by atoms with E-state index in [1.54, 1.807) is 0 Å². The zero-order valence-electron chi connectivity index (χ0n) is 12.4. The summed E-state index contributed by atoms with van der Waals surface area (Å²) in [6.45, 7) is 15.6. The zero-order chi connectivity index (χ0) is 13.3. The van der Waals surface area contributed by atoms with Gasteiger partial charge in [-0.2, -0.15) is 0 Å². The highest BCUT2D eigenvalue weighted by atomic mass is 14.9. The van der Waals surface area contributed by atoms with Crippen molar-refractivity contribution in [3.63, 3.8) is 0 Å². The van der Waals surface area contributed by atoms with Gasteiger partial charge >= 0.3 is 0 Å². The first-order valence-electron chi connectivity index (χ1n) is 6.54. The Morgan fingerprint density at radius 3 is 1.94 bits per heavy atom. The first kappa shape index (κ1) is 14.1. The van der Waals surface area contributed by atoms with E-state index in [4.69, 9.17) is 0 Å². The number of benzene rings is 1. The van der Waals surface area contributed by atoms with Gasteiger partial charge in [-0.15, -0.1) is 0 Å². The van der Waals surface area contributed by atoms with Gasteiger partial charge in [0.25, 0.3) is 0 Å². The van der Waals surface area contributed by atoms with Gasteiger partial charge in [-0.25, -0.2) is 0 Å². The standard InChI is InChI=1S/C16H27N/c1-8-12-9-13(15(2,3)4)11-14(10-12)17-16(5,6)7/h9-11,17H,8H2,1-7H3. The molecule has 0 saturated carbocycles. The van der Waals surface area contributed by atoms with E-state index >= 15 is 0 Å². The molecule has 0 bridgehead atoms. The molecule has 0 aliphatic carbocycles. The van der Waals surface area contributed by atoms with Crippen LogP contribution in [-0.4, -0.2) is 5.54 Å². The molecule has 0 aromatic heterocycles. The lowest BCUT2D eigenvalue weighted by Gasteiger charge is -2.26. The lowest BCUT2D eigenvalue weighted by atomic mass is 9.85.